The first-order valence-electron chi connectivity index (χ1n) is 7.84. The van der Waals surface area contributed by atoms with Crippen LogP contribution in [0.4, 0.5) is 11.5 Å². The zero-order valence-corrected chi connectivity index (χ0v) is 14.4. The molecular formula is C20H17N3S. The van der Waals surface area contributed by atoms with Crippen LogP contribution >= 0.6 is 11.3 Å². The number of hydrogen-bond acceptors (Lipinski definition) is 4. The van der Waals surface area contributed by atoms with Crippen molar-refractivity contribution >= 4 is 33.1 Å². The van der Waals surface area contributed by atoms with Crippen molar-refractivity contribution in [1.82, 2.24) is 9.97 Å². The second-order valence-electron chi connectivity index (χ2n) is 5.86. The molecule has 0 amide bonds. The van der Waals surface area contributed by atoms with E-state index in [1.54, 1.807) is 17.7 Å². The molecule has 0 aliphatic rings. The smallest absolute Gasteiger partial charge is 0.143 e. The molecule has 4 aromatic rings. The maximum Gasteiger partial charge on any atom is 0.143 e. The van der Waals surface area contributed by atoms with Gasteiger partial charge in [-0.2, -0.15) is 0 Å². The van der Waals surface area contributed by atoms with Gasteiger partial charge in [0.25, 0.3) is 0 Å². The molecule has 4 heteroatoms. The third kappa shape index (κ3) is 2.65. The summed E-state index contributed by atoms with van der Waals surface area (Å²) in [7, 11) is 0. The first-order chi connectivity index (χ1) is 11.7. The van der Waals surface area contributed by atoms with Gasteiger partial charge >= 0.3 is 0 Å². The minimum Gasteiger partial charge on any atom is -0.339 e. The second-order valence-corrected chi connectivity index (χ2v) is 6.72. The minimum absolute atomic E-state index is 0.854. The predicted molar refractivity (Wildman–Crippen MR) is 102 cm³/mol. The molecule has 3 nitrogen and oxygen atoms in total. The van der Waals surface area contributed by atoms with Gasteiger partial charge in [0.1, 0.15) is 17.0 Å². The molecule has 0 aliphatic heterocycles. The van der Waals surface area contributed by atoms with Crippen LogP contribution in [0.5, 0.6) is 0 Å². The molecule has 0 bridgehead atoms. The fourth-order valence-corrected chi connectivity index (χ4v) is 3.80. The average Bonchev–Trinajstić information content (AvgIpc) is 3.03. The number of thiophene rings is 1. The maximum atomic E-state index is 4.51. The lowest BCUT2D eigenvalue weighted by Crippen LogP contribution is -1.97. The van der Waals surface area contributed by atoms with Gasteiger partial charge in [-0.3, -0.25) is 0 Å². The summed E-state index contributed by atoms with van der Waals surface area (Å²) in [5.74, 6) is 0.854. The summed E-state index contributed by atoms with van der Waals surface area (Å²) in [5.41, 5.74) is 5.89. The Morgan fingerprint density at radius 1 is 0.958 bits per heavy atom. The van der Waals surface area contributed by atoms with E-state index in [4.69, 9.17) is 0 Å². The number of rotatable bonds is 3. The van der Waals surface area contributed by atoms with Crippen molar-refractivity contribution in [3.8, 4) is 11.1 Å². The van der Waals surface area contributed by atoms with Gasteiger partial charge in [0, 0.05) is 16.6 Å². The van der Waals surface area contributed by atoms with Crippen molar-refractivity contribution in [3.05, 3.63) is 71.4 Å². The summed E-state index contributed by atoms with van der Waals surface area (Å²) in [4.78, 5) is 9.94. The molecule has 2 heterocycles. The van der Waals surface area contributed by atoms with Crippen molar-refractivity contribution < 1.29 is 0 Å². The number of aromatic nitrogens is 2. The lowest BCUT2D eigenvalue weighted by molar-refractivity contribution is 1.22. The number of nitrogens with zero attached hydrogens (tertiary/aromatic N) is 2. The lowest BCUT2D eigenvalue weighted by atomic mass is 10.1. The largest absolute Gasteiger partial charge is 0.339 e. The Kier molecular flexibility index (Phi) is 3.75. The van der Waals surface area contributed by atoms with E-state index in [1.165, 1.54) is 22.3 Å². The van der Waals surface area contributed by atoms with Gasteiger partial charge in [0.2, 0.25) is 0 Å². The number of aryl methyl sites for hydroxylation is 2. The Balaban J connectivity index is 1.85. The van der Waals surface area contributed by atoms with Gasteiger partial charge in [0.05, 0.1) is 5.39 Å². The molecule has 24 heavy (non-hydrogen) atoms. The van der Waals surface area contributed by atoms with Crippen LogP contribution in [0.1, 0.15) is 11.1 Å². The summed E-state index contributed by atoms with van der Waals surface area (Å²) < 4.78 is 0. The van der Waals surface area contributed by atoms with Crippen LogP contribution in [0, 0.1) is 13.8 Å². The Bertz CT molecular complexity index is 1010. The Hall–Kier alpha value is -2.72. The van der Waals surface area contributed by atoms with Crippen molar-refractivity contribution in [2.24, 2.45) is 0 Å². The van der Waals surface area contributed by atoms with Crippen LogP contribution < -0.4 is 5.32 Å². The fraction of sp³-hybridized carbons (Fsp3) is 0.100. The van der Waals surface area contributed by atoms with E-state index in [1.807, 2.05) is 6.07 Å². The van der Waals surface area contributed by atoms with E-state index in [0.717, 1.165) is 21.7 Å². The monoisotopic (exact) mass is 331 g/mol. The van der Waals surface area contributed by atoms with Crippen molar-refractivity contribution in [2.45, 2.75) is 13.8 Å². The standard InChI is InChI=1S/C20H17N3S/c1-13-8-9-17(14(2)10-13)23-19-18-16(15-6-4-3-5-7-15)11-24-20(18)22-12-21-19/h3-12H,1-2H3,(H,21,22,23). The van der Waals surface area contributed by atoms with Crippen molar-refractivity contribution in [1.29, 1.82) is 0 Å². The zero-order valence-electron chi connectivity index (χ0n) is 13.6. The first kappa shape index (κ1) is 14.8. The summed E-state index contributed by atoms with van der Waals surface area (Å²) in [5, 5.41) is 6.73. The van der Waals surface area contributed by atoms with E-state index in [9.17, 15) is 0 Å². The molecule has 2 aromatic carbocycles. The van der Waals surface area contributed by atoms with Gasteiger partial charge in [-0.05, 0) is 31.0 Å². The molecule has 2 aromatic heterocycles. The molecular weight excluding hydrogens is 314 g/mol. The van der Waals surface area contributed by atoms with E-state index in [-0.39, 0.29) is 0 Å². The number of hydrogen-bond donors (Lipinski definition) is 1. The van der Waals surface area contributed by atoms with Gasteiger partial charge < -0.3 is 5.32 Å². The molecule has 4 rings (SSSR count). The maximum absolute atomic E-state index is 4.51. The molecule has 0 unspecified atom stereocenters. The SMILES string of the molecule is Cc1ccc(Nc2ncnc3scc(-c4ccccc4)c23)c(C)c1. The minimum atomic E-state index is 0.854. The molecule has 0 aliphatic carbocycles. The number of nitrogens with one attached hydrogen (secondary N) is 1. The Labute approximate surface area is 145 Å². The van der Waals surface area contributed by atoms with Crippen LogP contribution in [0.2, 0.25) is 0 Å². The average molecular weight is 331 g/mol. The molecule has 0 fully saturated rings. The number of benzene rings is 2. The molecule has 118 valence electrons. The highest BCUT2D eigenvalue weighted by Gasteiger charge is 2.13. The van der Waals surface area contributed by atoms with Crippen LogP contribution in [0.3, 0.4) is 0 Å². The lowest BCUT2D eigenvalue weighted by Gasteiger charge is -2.11. The molecule has 0 saturated heterocycles. The third-order valence-corrected chi connectivity index (χ3v) is 4.98. The molecule has 0 saturated carbocycles. The summed E-state index contributed by atoms with van der Waals surface area (Å²) in [6, 6.07) is 16.8. The predicted octanol–water partition coefficient (Wildman–Crippen LogP) is 5.72. The quantitative estimate of drug-likeness (QED) is 0.522. The summed E-state index contributed by atoms with van der Waals surface area (Å²) in [6.45, 7) is 4.21. The van der Waals surface area contributed by atoms with Gasteiger partial charge in [-0.1, -0.05) is 48.0 Å². The summed E-state index contributed by atoms with van der Waals surface area (Å²) >= 11 is 1.65. The number of fused-ring (bicyclic) bond motifs is 1. The molecule has 0 radical (unpaired) electrons. The van der Waals surface area contributed by atoms with E-state index in [2.05, 4.69) is 77.0 Å². The van der Waals surface area contributed by atoms with Gasteiger partial charge in [-0.15, -0.1) is 11.3 Å². The zero-order chi connectivity index (χ0) is 16.5. The van der Waals surface area contributed by atoms with E-state index in [0.29, 0.717) is 0 Å². The topological polar surface area (TPSA) is 37.8 Å². The molecule has 0 spiro atoms. The third-order valence-electron chi connectivity index (χ3n) is 4.09. The van der Waals surface area contributed by atoms with Crippen LogP contribution in [-0.4, -0.2) is 9.97 Å². The fourth-order valence-electron chi connectivity index (χ4n) is 2.88. The first-order valence-corrected chi connectivity index (χ1v) is 8.72. The Morgan fingerprint density at radius 3 is 2.58 bits per heavy atom. The molecule has 1 N–H and O–H groups in total. The Morgan fingerprint density at radius 2 is 1.79 bits per heavy atom. The van der Waals surface area contributed by atoms with Crippen LogP contribution in [0.15, 0.2) is 60.2 Å². The van der Waals surface area contributed by atoms with E-state index >= 15 is 0 Å². The van der Waals surface area contributed by atoms with Gasteiger partial charge in [-0.25, -0.2) is 9.97 Å². The van der Waals surface area contributed by atoms with Crippen molar-refractivity contribution in [2.75, 3.05) is 5.32 Å². The highest BCUT2D eigenvalue weighted by Crippen LogP contribution is 2.37. The van der Waals surface area contributed by atoms with Crippen LogP contribution in [0.25, 0.3) is 21.3 Å². The van der Waals surface area contributed by atoms with Crippen molar-refractivity contribution in [3.63, 3.8) is 0 Å². The normalized spacial score (nSPS) is 10.9. The van der Waals surface area contributed by atoms with Gasteiger partial charge in [0.15, 0.2) is 0 Å². The van der Waals surface area contributed by atoms with Crippen LogP contribution in [-0.2, 0) is 0 Å². The highest BCUT2D eigenvalue weighted by atomic mass is 32.1. The molecule has 0 atom stereocenters. The second kappa shape index (κ2) is 6.06. The van der Waals surface area contributed by atoms with E-state index < -0.39 is 0 Å². The highest BCUT2D eigenvalue weighted by molar-refractivity contribution is 7.17. The number of anilines is 2. The summed E-state index contributed by atoms with van der Waals surface area (Å²) in [6.07, 6.45) is 1.62.